The number of sulfonamides is 1. The van der Waals surface area contributed by atoms with Gasteiger partial charge in [-0.1, -0.05) is 0 Å². The molecule has 0 aromatic heterocycles. The summed E-state index contributed by atoms with van der Waals surface area (Å²) in [4.78, 5) is 8.29. The lowest BCUT2D eigenvalue weighted by atomic mass is 10.3. The minimum Gasteiger partial charge on any atom is -0.395 e. The van der Waals surface area contributed by atoms with E-state index in [9.17, 15) is 27.3 Å². The van der Waals surface area contributed by atoms with Crippen molar-refractivity contribution in [1.29, 1.82) is 0 Å². The van der Waals surface area contributed by atoms with Crippen LogP contribution < -0.4 is 4.72 Å². The molecule has 0 aliphatic heterocycles. The van der Waals surface area contributed by atoms with Crippen LogP contribution in [0.5, 0.6) is 0 Å². The number of hydrogen-bond acceptors (Lipinski definition) is 6. The Hall–Kier alpha value is -1.69. The Kier molecular flexibility index (Phi) is 5.66. The third-order valence-electron chi connectivity index (χ3n) is 2.40. The molecule has 0 amide bonds. The third-order valence-corrected chi connectivity index (χ3v) is 3.93. The van der Waals surface area contributed by atoms with Crippen LogP contribution in [0.1, 0.15) is 0 Å². The molecule has 0 radical (unpaired) electrons. The highest BCUT2D eigenvalue weighted by atomic mass is 32.2. The van der Waals surface area contributed by atoms with Gasteiger partial charge in [0.2, 0.25) is 15.8 Å². The number of nitro benzene ring substituents is 1. The molecule has 118 valence electrons. The Labute approximate surface area is 118 Å². The number of hydrogen-bond donors (Lipinski definition) is 2. The summed E-state index contributed by atoms with van der Waals surface area (Å²) in [6.45, 7) is -0.849. The number of aliphatic hydroxyl groups is 1. The molecule has 1 aromatic carbocycles. The van der Waals surface area contributed by atoms with Crippen molar-refractivity contribution < 1.29 is 32.0 Å². The van der Waals surface area contributed by atoms with Crippen LogP contribution in [0.2, 0.25) is 0 Å². The summed E-state index contributed by atoms with van der Waals surface area (Å²) in [6.07, 6.45) is 0. The fourth-order valence-electron chi connectivity index (χ4n) is 1.47. The first-order chi connectivity index (χ1) is 9.72. The van der Waals surface area contributed by atoms with Gasteiger partial charge in [-0.25, -0.2) is 17.5 Å². The first kappa shape index (κ1) is 17.4. The first-order valence-corrected chi connectivity index (χ1v) is 6.96. The number of nitro groups is 1. The average Bonchev–Trinajstić information content (AvgIpc) is 2.37. The summed E-state index contributed by atoms with van der Waals surface area (Å²) in [5.74, 6) is -2.98. The van der Waals surface area contributed by atoms with Crippen molar-refractivity contribution in [2.45, 2.75) is 10.9 Å². The molecule has 0 aliphatic rings. The highest BCUT2D eigenvalue weighted by Gasteiger charge is 2.28. The van der Waals surface area contributed by atoms with Gasteiger partial charge in [-0.3, -0.25) is 10.1 Å². The van der Waals surface area contributed by atoms with Gasteiger partial charge in [0.25, 0.3) is 0 Å². The highest BCUT2D eigenvalue weighted by Crippen LogP contribution is 2.24. The van der Waals surface area contributed by atoms with E-state index in [0.717, 1.165) is 0 Å². The Morgan fingerprint density at radius 1 is 1.43 bits per heavy atom. The molecule has 0 saturated carbocycles. The van der Waals surface area contributed by atoms with Crippen LogP contribution in [0, 0.1) is 21.7 Å². The SMILES string of the molecule is COCC(CO)NS(=O)(=O)c1cc([N+](=O)[O-])c(F)cc1F. The van der Waals surface area contributed by atoms with Crippen LogP contribution in [0.4, 0.5) is 14.5 Å². The van der Waals surface area contributed by atoms with Gasteiger partial charge in [-0.05, 0) is 0 Å². The van der Waals surface area contributed by atoms with Crippen LogP contribution in [0.15, 0.2) is 17.0 Å². The number of ether oxygens (including phenoxy) is 1. The lowest BCUT2D eigenvalue weighted by Gasteiger charge is -2.15. The summed E-state index contributed by atoms with van der Waals surface area (Å²) in [7, 11) is -3.28. The zero-order valence-corrected chi connectivity index (χ0v) is 11.6. The molecule has 1 rings (SSSR count). The van der Waals surface area contributed by atoms with E-state index in [-0.39, 0.29) is 18.7 Å². The standard InChI is InChI=1S/C10H12F2N2O6S/c1-20-5-6(4-15)13-21(18,19)10-3-9(14(16)17)7(11)2-8(10)12/h2-3,6,13,15H,4-5H2,1H3. The lowest BCUT2D eigenvalue weighted by Crippen LogP contribution is -2.40. The van der Waals surface area contributed by atoms with Crippen molar-refractivity contribution in [3.63, 3.8) is 0 Å². The maximum Gasteiger partial charge on any atom is 0.306 e. The molecule has 0 heterocycles. The van der Waals surface area contributed by atoms with E-state index in [4.69, 9.17) is 5.11 Å². The zero-order valence-electron chi connectivity index (χ0n) is 10.7. The summed E-state index contributed by atoms with van der Waals surface area (Å²) in [5.41, 5.74) is -1.18. The smallest absolute Gasteiger partial charge is 0.306 e. The summed E-state index contributed by atoms with van der Waals surface area (Å²) in [6, 6.07) is -0.700. The van der Waals surface area contributed by atoms with E-state index in [1.54, 1.807) is 0 Å². The molecular formula is C10H12F2N2O6S. The van der Waals surface area contributed by atoms with E-state index >= 15 is 0 Å². The largest absolute Gasteiger partial charge is 0.395 e. The molecule has 1 atom stereocenters. The lowest BCUT2D eigenvalue weighted by molar-refractivity contribution is -0.387. The normalized spacial score (nSPS) is 13.1. The number of methoxy groups -OCH3 is 1. The monoisotopic (exact) mass is 326 g/mol. The van der Waals surface area contributed by atoms with Gasteiger partial charge in [-0.15, -0.1) is 0 Å². The number of benzene rings is 1. The summed E-state index contributed by atoms with van der Waals surface area (Å²) in [5, 5.41) is 19.5. The molecule has 1 aromatic rings. The number of rotatable bonds is 7. The van der Waals surface area contributed by atoms with E-state index in [2.05, 4.69) is 4.74 Å². The number of nitrogens with zero attached hydrogens (tertiary/aromatic N) is 1. The fourth-order valence-corrected chi connectivity index (χ4v) is 2.76. The second kappa shape index (κ2) is 6.85. The third kappa shape index (κ3) is 4.14. The zero-order chi connectivity index (χ0) is 16.2. The van der Waals surface area contributed by atoms with Crippen molar-refractivity contribution >= 4 is 15.7 Å². The molecule has 8 nitrogen and oxygen atoms in total. The van der Waals surface area contributed by atoms with Crippen LogP contribution >= 0.6 is 0 Å². The Morgan fingerprint density at radius 2 is 2.05 bits per heavy atom. The van der Waals surface area contributed by atoms with Gasteiger partial charge in [0, 0.05) is 19.2 Å². The van der Waals surface area contributed by atoms with Gasteiger partial charge in [0.15, 0.2) is 0 Å². The van der Waals surface area contributed by atoms with E-state index in [1.165, 1.54) is 7.11 Å². The molecule has 2 N–H and O–H groups in total. The van der Waals surface area contributed by atoms with Crippen molar-refractivity contribution in [3.05, 3.63) is 33.9 Å². The number of halogens is 2. The second-order valence-electron chi connectivity index (χ2n) is 3.95. The fraction of sp³-hybridized carbons (Fsp3) is 0.400. The van der Waals surface area contributed by atoms with Crippen LogP contribution in [-0.4, -0.2) is 44.8 Å². The van der Waals surface area contributed by atoms with Crippen molar-refractivity contribution in [1.82, 2.24) is 4.72 Å². The van der Waals surface area contributed by atoms with Gasteiger partial charge in [0.05, 0.1) is 24.2 Å². The molecule has 0 fully saturated rings. The summed E-state index contributed by atoms with van der Waals surface area (Å²) >= 11 is 0. The van der Waals surface area contributed by atoms with Crippen molar-refractivity contribution in [3.8, 4) is 0 Å². The van der Waals surface area contributed by atoms with Crippen molar-refractivity contribution in [2.24, 2.45) is 0 Å². The van der Waals surface area contributed by atoms with Gasteiger partial charge in [-0.2, -0.15) is 4.39 Å². The minimum absolute atomic E-state index is 0.108. The molecule has 11 heteroatoms. The quantitative estimate of drug-likeness (QED) is 0.544. The van der Waals surface area contributed by atoms with E-state index in [0.29, 0.717) is 0 Å². The molecule has 0 spiro atoms. The van der Waals surface area contributed by atoms with Crippen molar-refractivity contribution in [2.75, 3.05) is 20.3 Å². The maximum atomic E-state index is 13.6. The van der Waals surface area contributed by atoms with Gasteiger partial charge >= 0.3 is 5.69 Å². The molecular weight excluding hydrogens is 314 g/mol. The van der Waals surface area contributed by atoms with E-state index < -0.39 is 49.8 Å². The number of aliphatic hydroxyl groups excluding tert-OH is 1. The maximum absolute atomic E-state index is 13.6. The van der Waals surface area contributed by atoms with E-state index in [1.807, 2.05) is 4.72 Å². The predicted molar refractivity (Wildman–Crippen MR) is 66.1 cm³/mol. The average molecular weight is 326 g/mol. The van der Waals surface area contributed by atoms with Gasteiger partial charge in [0.1, 0.15) is 10.7 Å². The molecule has 21 heavy (non-hydrogen) atoms. The van der Waals surface area contributed by atoms with Crippen LogP contribution in [-0.2, 0) is 14.8 Å². The van der Waals surface area contributed by atoms with Gasteiger partial charge < -0.3 is 9.84 Å². The number of nitrogens with one attached hydrogen (secondary N) is 1. The Morgan fingerprint density at radius 3 is 2.52 bits per heavy atom. The van der Waals surface area contributed by atoms with Crippen LogP contribution in [0.25, 0.3) is 0 Å². The Balaban J connectivity index is 3.25. The second-order valence-corrected chi connectivity index (χ2v) is 5.63. The minimum atomic E-state index is -4.53. The highest BCUT2D eigenvalue weighted by molar-refractivity contribution is 7.89. The summed E-state index contributed by atoms with van der Waals surface area (Å²) < 4.78 is 57.1. The Bertz CT molecular complexity index is 637. The molecule has 0 bridgehead atoms. The molecule has 0 aliphatic carbocycles. The predicted octanol–water partition coefficient (Wildman–Crippen LogP) is 0.159. The van der Waals surface area contributed by atoms with Crippen LogP contribution in [0.3, 0.4) is 0 Å². The molecule has 0 saturated heterocycles. The topological polar surface area (TPSA) is 119 Å². The first-order valence-electron chi connectivity index (χ1n) is 5.48. The molecule has 1 unspecified atom stereocenters.